The van der Waals surface area contributed by atoms with Crippen LogP contribution in [-0.4, -0.2) is 35.7 Å². The van der Waals surface area contributed by atoms with Crippen LogP contribution in [0.2, 0.25) is 0 Å². The number of nitrogens with one attached hydrogen (secondary N) is 2. The van der Waals surface area contributed by atoms with Crippen LogP contribution in [-0.2, 0) is 0 Å². The quantitative estimate of drug-likeness (QED) is 0.740. The maximum Gasteiger partial charge on any atom is 0.409 e. The van der Waals surface area contributed by atoms with Crippen LogP contribution in [0.1, 0.15) is 29.6 Å². The molecule has 3 N–H and O–H groups in total. The van der Waals surface area contributed by atoms with E-state index in [1.54, 1.807) is 18.2 Å². The Morgan fingerprint density at radius 1 is 1.33 bits per heavy atom. The number of Topliss-reactive ketones (excluding diaryl/α,β-unsaturated/α-hetero) is 1. The summed E-state index contributed by atoms with van der Waals surface area (Å²) in [6, 6.07) is 4.82. The number of carboxylic acid groups (broad SMARTS) is 1. The Balaban J connectivity index is 0.00000161. The number of hydrogen-bond donors (Lipinski definition) is 3. The zero-order chi connectivity index (χ0) is 14.2. The van der Waals surface area contributed by atoms with Crippen LogP contribution in [0.25, 0.3) is 0 Å². The summed E-state index contributed by atoms with van der Waals surface area (Å²) >= 11 is 0. The van der Waals surface area contributed by atoms with Gasteiger partial charge in [-0.1, -0.05) is 0 Å². The smallest absolute Gasteiger partial charge is 0.409 e. The zero-order valence-electron chi connectivity index (χ0n) is 11.3. The summed E-state index contributed by atoms with van der Waals surface area (Å²) < 4.78 is 6.05. The molecule has 2 aliphatic rings. The first kappa shape index (κ1) is 15.6. The molecule has 3 rings (SSSR count). The fourth-order valence-corrected chi connectivity index (χ4v) is 2.86. The molecule has 114 valence electrons. The van der Waals surface area contributed by atoms with Crippen molar-refractivity contribution in [2.24, 2.45) is 0 Å². The normalized spacial score (nSPS) is 19.1. The molecule has 7 heteroatoms. The predicted octanol–water partition coefficient (Wildman–Crippen LogP) is 2.29. The third-order valence-electron chi connectivity index (χ3n) is 3.86. The molecule has 21 heavy (non-hydrogen) atoms. The molecule has 1 spiro atoms. The number of piperidine rings is 1. The van der Waals surface area contributed by atoms with Crippen molar-refractivity contribution in [1.29, 1.82) is 0 Å². The van der Waals surface area contributed by atoms with Gasteiger partial charge in [0.1, 0.15) is 11.4 Å². The van der Waals surface area contributed by atoms with Crippen molar-refractivity contribution in [3.63, 3.8) is 0 Å². The van der Waals surface area contributed by atoms with Gasteiger partial charge in [-0.2, -0.15) is 0 Å². The number of carbonyl (C=O) groups excluding carboxylic acids is 1. The number of halogens is 1. The zero-order valence-corrected chi connectivity index (χ0v) is 12.2. The Kier molecular flexibility index (Phi) is 4.39. The van der Waals surface area contributed by atoms with Crippen molar-refractivity contribution in [2.75, 3.05) is 18.4 Å². The van der Waals surface area contributed by atoms with Gasteiger partial charge >= 0.3 is 6.09 Å². The fourth-order valence-electron chi connectivity index (χ4n) is 2.86. The van der Waals surface area contributed by atoms with Gasteiger partial charge in [-0.05, 0) is 31.3 Å². The molecule has 0 aliphatic carbocycles. The molecule has 0 bridgehead atoms. The standard InChI is InChI=1S/C14H16N2O4.ClH/c17-11-8-14(3-5-15-6-4-14)20-12-2-1-9(7-10(11)12)16-13(18)19;/h1-2,7,15-16H,3-6,8H2,(H,18,19);1H. The predicted molar refractivity (Wildman–Crippen MR) is 79.7 cm³/mol. The summed E-state index contributed by atoms with van der Waals surface area (Å²) in [4.78, 5) is 22.9. The minimum atomic E-state index is -1.15. The van der Waals surface area contributed by atoms with Crippen LogP contribution in [0.3, 0.4) is 0 Å². The average molecular weight is 313 g/mol. The molecule has 1 amide bonds. The second-order valence-electron chi connectivity index (χ2n) is 5.28. The summed E-state index contributed by atoms with van der Waals surface area (Å²) in [5, 5.41) is 14.2. The Bertz CT molecular complexity index is 570. The number of anilines is 1. The highest BCUT2D eigenvalue weighted by molar-refractivity contribution is 6.01. The topological polar surface area (TPSA) is 87.7 Å². The lowest BCUT2D eigenvalue weighted by molar-refractivity contribution is 0.0187. The lowest BCUT2D eigenvalue weighted by Crippen LogP contribution is -2.49. The Morgan fingerprint density at radius 3 is 2.71 bits per heavy atom. The van der Waals surface area contributed by atoms with Gasteiger partial charge in [0.25, 0.3) is 0 Å². The molecule has 1 saturated heterocycles. The Hall–Kier alpha value is -1.79. The van der Waals surface area contributed by atoms with E-state index in [4.69, 9.17) is 9.84 Å². The number of benzene rings is 1. The van der Waals surface area contributed by atoms with Crippen molar-refractivity contribution < 1.29 is 19.4 Å². The largest absolute Gasteiger partial charge is 0.486 e. The van der Waals surface area contributed by atoms with Crippen molar-refractivity contribution in [3.8, 4) is 5.75 Å². The number of ether oxygens (including phenoxy) is 1. The van der Waals surface area contributed by atoms with Crippen molar-refractivity contribution in [2.45, 2.75) is 24.9 Å². The highest BCUT2D eigenvalue weighted by Crippen LogP contribution is 2.39. The van der Waals surface area contributed by atoms with Crippen LogP contribution in [0.15, 0.2) is 18.2 Å². The molecule has 0 saturated carbocycles. The lowest BCUT2D eigenvalue weighted by atomic mass is 9.83. The molecule has 2 heterocycles. The van der Waals surface area contributed by atoms with E-state index < -0.39 is 11.7 Å². The van der Waals surface area contributed by atoms with Crippen LogP contribution in [0, 0.1) is 0 Å². The van der Waals surface area contributed by atoms with Crippen LogP contribution in [0.4, 0.5) is 10.5 Å². The van der Waals surface area contributed by atoms with E-state index in [9.17, 15) is 9.59 Å². The summed E-state index contributed by atoms with van der Waals surface area (Å²) in [5.41, 5.74) is 0.451. The number of hydrogen-bond acceptors (Lipinski definition) is 4. The fraction of sp³-hybridized carbons (Fsp3) is 0.429. The van der Waals surface area contributed by atoms with E-state index in [0.717, 1.165) is 25.9 Å². The maximum atomic E-state index is 12.3. The summed E-state index contributed by atoms with van der Waals surface area (Å²) in [6.07, 6.45) is 0.836. The van der Waals surface area contributed by atoms with E-state index in [-0.39, 0.29) is 18.2 Å². The highest BCUT2D eigenvalue weighted by Gasteiger charge is 2.41. The molecule has 2 aliphatic heterocycles. The lowest BCUT2D eigenvalue weighted by Gasteiger charge is -2.40. The number of carbonyl (C=O) groups is 2. The molecule has 0 unspecified atom stereocenters. The first-order chi connectivity index (χ1) is 9.58. The summed E-state index contributed by atoms with van der Waals surface area (Å²) in [6.45, 7) is 1.70. The van der Waals surface area contributed by atoms with E-state index in [2.05, 4.69) is 10.6 Å². The van der Waals surface area contributed by atoms with E-state index >= 15 is 0 Å². The molecule has 1 fully saturated rings. The first-order valence-electron chi connectivity index (χ1n) is 6.65. The van der Waals surface area contributed by atoms with Gasteiger partial charge in [0.15, 0.2) is 5.78 Å². The van der Waals surface area contributed by atoms with Crippen molar-refractivity contribution >= 4 is 30.0 Å². The Labute approximate surface area is 128 Å². The second kappa shape index (κ2) is 5.91. The number of ketones is 1. The molecule has 6 nitrogen and oxygen atoms in total. The number of rotatable bonds is 1. The molecule has 1 aromatic rings. The molecule has 0 aromatic heterocycles. The maximum absolute atomic E-state index is 12.3. The van der Waals surface area contributed by atoms with Crippen LogP contribution in [0.5, 0.6) is 5.75 Å². The monoisotopic (exact) mass is 312 g/mol. The third kappa shape index (κ3) is 3.11. The summed E-state index contributed by atoms with van der Waals surface area (Å²) in [7, 11) is 0. The second-order valence-corrected chi connectivity index (χ2v) is 5.28. The van der Waals surface area contributed by atoms with E-state index in [1.165, 1.54) is 0 Å². The molecule has 0 radical (unpaired) electrons. The summed E-state index contributed by atoms with van der Waals surface area (Å²) in [5.74, 6) is 0.571. The van der Waals surface area contributed by atoms with Crippen LogP contribution < -0.4 is 15.4 Å². The van der Waals surface area contributed by atoms with Gasteiger partial charge in [0.05, 0.1) is 12.0 Å². The first-order valence-corrected chi connectivity index (χ1v) is 6.65. The van der Waals surface area contributed by atoms with Gasteiger partial charge < -0.3 is 15.2 Å². The minimum absolute atomic E-state index is 0. The molecule has 0 atom stereocenters. The average Bonchev–Trinajstić information content (AvgIpc) is 2.40. The van der Waals surface area contributed by atoms with E-state index in [1.807, 2.05) is 0 Å². The van der Waals surface area contributed by atoms with Gasteiger partial charge in [-0.15, -0.1) is 12.4 Å². The molecular weight excluding hydrogens is 296 g/mol. The Morgan fingerprint density at radius 2 is 2.05 bits per heavy atom. The van der Waals surface area contributed by atoms with Gasteiger partial charge in [-0.25, -0.2) is 4.79 Å². The molecule has 1 aromatic carbocycles. The van der Waals surface area contributed by atoms with E-state index in [0.29, 0.717) is 23.4 Å². The van der Waals surface area contributed by atoms with Crippen LogP contribution >= 0.6 is 12.4 Å². The number of fused-ring (bicyclic) bond motifs is 1. The van der Waals surface area contributed by atoms with Crippen molar-refractivity contribution in [3.05, 3.63) is 23.8 Å². The van der Waals surface area contributed by atoms with Crippen molar-refractivity contribution in [1.82, 2.24) is 5.32 Å². The van der Waals surface area contributed by atoms with Gasteiger partial charge in [-0.3, -0.25) is 10.1 Å². The molecular formula is C14H17ClN2O4. The SMILES string of the molecule is Cl.O=C(O)Nc1ccc2c(c1)C(=O)CC1(CCNCC1)O2. The van der Waals surface area contributed by atoms with Gasteiger partial charge in [0.2, 0.25) is 0 Å². The third-order valence-corrected chi connectivity index (χ3v) is 3.86. The minimum Gasteiger partial charge on any atom is -0.486 e. The van der Waals surface area contributed by atoms with Gasteiger partial charge in [0, 0.05) is 18.5 Å². The highest BCUT2D eigenvalue weighted by atomic mass is 35.5. The number of amides is 1.